The predicted octanol–water partition coefficient (Wildman–Crippen LogP) is 4.05. The first-order valence-corrected chi connectivity index (χ1v) is 9.65. The molecule has 6 nitrogen and oxygen atoms in total. The van der Waals surface area contributed by atoms with Crippen LogP contribution < -0.4 is 16.2 Å². The molecular formula is C21H18N4O2S. The number of aromatic nitrogens is 2. The first-order valence-electron chi connectivity index (χ1n) is 8.77. The third-order valence-electron chi connectivity index (χ3n) is 4.27. The molecule has 2 amide bonds. The second kappa shape index (κ2) is 7.66. The smallest absolute Gasteiger partial charge is 0.319 e. The zero-order chi connectivity index (χ0) is 19.5. The van der Waals surface area contributed by atoms with Crippen LogP contribution in [0, 0.1) is 6.92 Å². The van der Waals surface area contributed by atoms with E-state index in [9.17, 15) is 9.59 Å². The van der Waals surface area contributed by atoms with Gasteiger partial charge in [0.2, 0.25) is 0 Å². The molecule has 2 heterocycles. The Hall–Kier alpha value is -3.45. The number of benzene rings is 2. The van der Waals surface area contributed by atoms with Crippen molar-refractivity contribution in [1.29, 1.82) is 0 Å². The number of nitrogens with one attached hydrogen (secondary N) is 2. The second-order valence-corrected chi connectivity index (χ2v) is 7.18. The lowest BCUT2D eigenvalue weighted by Crippen LogP contribution is -2.28. The van der Waals surface area contributed by atoms with Gasteiger partial charge in [-0.1, -0.05) is 42.5 Å². The first-order chi connectivity index (χ1) is 13.6. The Kier molecular flexibility index (Phi) is 4.90. The monoisotopic (exact) mass is 390 g/mol. The Morgan fingerprint density at radius 3 is 2.61 bits per heavy atom. The van der Waals surface area contributed by atoms with Crippen molar-refractivity contribution in [2.45, 2.75) is 13.5 Å². The lowest BCUT2D eigenvalue weighted by molar-refractivity contribution is 0.251. The minimum atomic E-state index is -0.270. The predicted molar refractivity (Wildman–Crippen MR) is 112 cm³/mol. The van der Waals surface area contributed by atoms with E-state index in [0.717, 1.165) is 16.8 Å². The fourth-order valence-corrected chi connectivity index (χ4v) is 3.86. The molecule has 4 aromatic rings. The lowest BCUT2D eigenvalue weighted by Gasteiger charge is -2.08. The number of hydrogen-bond donors (Lipinski definition) is 2. The zero-order valence-electron chi connectivity index (χ0n) is 15.2. The molecule has 4 rings (SSSR count). The van der Waals surface area contributed by atoms with Crippen LogP contribution in [0.2, 0.25) is 0 Å². The third-order valence-corrected chi connectivity index (χ3v) is 5.09. The van der Waals surface area contributed by atoms with Gasteiger partial charge in [0, 0.05) is 29.4 Å². The van der Waals surface area contributed by atoms with Crippen LogP contribution >= 0.6 is 11.3 Å². The average Bonchev–Trinajstić information content (AvgIpc) is 3.12. The van der Waals surface area contributed by atoms with E-state index in [1.807, 2.05) is 66.9 Å². The maximum Gasteiger partial charge on any atom is 0.319 e. The van der Waals surface area contributed by atoms with Crippen molar-refractivity contribution in [3.05, 3.63) is 87.7 Å². The molecule has 0 saturated heterocycles. The van der Waals surface area contributed by atoms with Gasteiger partial charge in [-0.25, -0.2) is 9.78 Å². The van der Waals surface area contributed by atoms with E-state index in [0.29, 0.717) is 22.9 Å². The molecule has 7 heteroatoms. The fraction of sp³-hybridized carbons (Fsp3) is 0.0952. The van der Waals surface area contributed by atoms with Gasteiger partial charge in [-0.2, -0.15) is 0 Å². The van der Waals surface area contributed by atoms with Crippen molar-refractivity contribution in [2.75, 3.05) is 5.32 Å². The van der Waals surface area contributed by atoms with Gasteiger partial charge in [0.05, 0.1) is 5.69 Å². The lowest BCUT2D eigenvalue weighted by atomic mass is 10.1. The fourth-order valence-electron chi connectivity index (χ4n) is 2.91. The van der Waals surface area contributed by atoms with E-state index >= 15 is 0 Å². The Labute approximate surface area is 165 Å². The molecule has 0 bridgehead atoms. The third kappa shape index (κ3) is 3.79. The van der Waals surface area contributed by atoms with Gasteiger partial charge < -0.3 is 10.6 Å². The van der Waals surface area contributed by atoms with E-state index in [2.05, 4.69) is 15.6 Å². The molecule has 0 spiro atoms. The summed E-state index contributed by atoms with van der Waals surface area (Å²) >= 11 is 1.43. The highest BCUT2D eigenvalue weighted by molar-refractivity contribution is 7.15. The quantitative estimate of drug-likeness (QED) is 0.552. The molecule has 0 unspecified atom stereocenters. The molecule has 0 radical (unpaired) electrons. The summed E-state index contributed by atoms with van der Waals surface area (Å²) in [4.78, 5) is 29.5. The van der Waals surface area contributed by atoms with Crippen molar-refractivity contribution in [3.63, 3.8) is 0 Å². The SMILES string of the molecule is Cc1cc(=O)n2c(-c3ccc(NC(=O)NCc4ccccc4)cc3)csc2n1. The van der Waals surface area contributed by atoms with Crippen LogP contribution in [0.15, 0.2) is 70.8 Å². The summed E-state index contributed by atoms with van der Waals surface area (Å²) in [6.45, 7) is 2.27. The first kappa shape index (κ1) is 17.9. The summed E-state index contributed by atoms with van der Waals surface area (Å²) in [5.41, 5.74) is 3.99. The maximum absolute atomic E-state index is 12.3. The average molecular weight is 390 g/mol. The van der Waals surface area contributed by atoms with Crippen molar-refractivity contribution < 1.29 is 4.79 Å². The van der Waals surface area contributed by atoms with Crippen LogP contribution in [0.3, 0.4) is 0 Å². The molecule has 0 aliphatic heterocycles. The molecule has 0 aliphatic carbocycles. The number of amides is 2. The molecule has 0 fully saturated rings. The molecule has 2 aromatic carbocycles. The number of urea groups is 1. The number of aryl methyl sites for hydroxylation is 1. The topological polar surface area (TPSA) is 75.5 Å². The number of carbonyl (C=O) groups excluding carboxylic acids is 1. The number of rotatable bonds is 4. The standard InChI is InChI=1S/C21H18N4O2S/c1-14-11-19(26)25-18(13-28-21(25)23-14)16-7-9-17(10-8-16)24-20(27)22-12-15-5-3-2-4-6-15/h2-11,13H,12H2,1H3,(H2,22,24,27). The molecular weight excluding hydrogens is 372 g/mol. The van der Waals surface area contributed by atoms with Crippen LogP contribution in [0.25, 0.3) is 16.2 Å². The maximum atomic E-state index is 12.3. The number of thiazole rings is 1. The summed E-state index contributed by atoms with van der Waals surface area (Å²) in [7, 11) is 0. The summed E-state index contributed by atoms with van der Waals surface area (Å²) in [6.07, 6.45) is 0. The van der Waals surface area contributed by atoms with Crippen LogP contribution in [0.5, 0.6) is 0 Å². The minimum absolute atomic E-state index is 0.0961. The largest absolute Gasteiger partial charge is 0.334 e. The van der Waals surface area contributed by atoms with Gasteiger partial charge >= 0.3 is 6.03 Å². The van der Waals surface area contributed by atoms with Gasteiger partial charge in [-0.05, 0) is 30.2 Å². The molecule has 0 atom stereocenters. The number of hydrogen-bond acceptors (Lipinski definition) is 4. The van der Waals surface area contributed by atoms with Gasteiger partial charge in [0.15, 0.2) is 4.96 Å². The van der Waals surface area contributed by atoms with E-state index < -0.39 is 0 Å². The number of anilines is 1. The van der Waals surface area contributed by atoms with E-state index in [1.165, 1.54) is 17.4 Å². The highest BCUT2D eigenvalue weighted by atomic mass is 32.1. The summed E-state index contributed by atoms with van der Waals surface area (Å²) in [5.74, 6) is 0. The molecule has 0 aliphatic rings. The van der Waals surface area contributed by atoms with Gasteiger partial charge in [0.25, 0.3) is 5.56 Å². The molecule has 2 aromatic heterocycles. The van der Waals surface area contributed by atoms with Crippen LogP contribution in [-0.2, 0) is 6.54 Å². The summed E-state index contributed by atoms with van der Waals surface area (Å²) in [6, 6.07) is 18.4. The zero-order valence-corrected chi connectivity index (χ0v) is 16.0. The van der Waals surface area contributed by atoms with E-state index in [1.54, 1.807) is 4.40 Å². The van der Waals surface area contributed by atoms with Crippen molar-refractivity contribution in [1.82, 2.24) is 14.7 Å². The Bertz CT molecular complexity index is 1180. The van der Waals surface area contributed by atoms with E-state index in [-0.39, 0.29) is 11.6 Å². The number of fused-ring (bicyclic) bond motifs is 1. The van der Waals surface area contributed by atoms with Crippen LogP contribution in [-0.4, -0.2) is 15.4 Å². The summed E-state index contributed by atoms with van der Waals surface area (Å²) in [5, 5.41) is 7.55. The minimum Gasteiger partial charge on any atom is -0.334 e. The number of nitrogens with zero attached hydrogens (tertiary/aromatic N) is 2. The van der Waals surface area contributed by atoms with Gasteiger partial charge in [-0.15, -0.1) is 11.3 Å². The van der Waals surface area contributed by atoms with Crippen molar-refractivity contribution in [2.24, 2.45) is 0 Å². The molecule has 28 heavy (non-hydrogen) atoms. The Morgan fingerprint density at radius 2 is 1.86 bits per heavy atom. The van der Waals surface area contributed by atoms with Crippen molar-refractivity contribution in [3.8, 4) is 11.3 Å². The molecule has 140 valence electrons. The van der Waals surface area contributed by atoms with Gasteiger partial charge in [0.1, 0.15) is 0 Å². The molecule has 0 saturated carbocycles. The van der Waals surface area contributed by atoms with E-state index in [4.69, 9.17) is 0 Å². The Balaban J connectivity index is 1.47. The summed E-state index contributed by atoms with van der Waals surface area (Å²) < 4.78 is 1.60. The van der Waals surface area contributed by atoms with Crippen LogP contribution in [0.1, 0.15) is 11.3 Å². The van der Waals surface area contributed by atoms with Crippen molar-refractivity contribution >= 4 is 28.0 Å². The second-order valence-electron chi connectivity index (χ2n) is 6.35. The van der Waals surface area contributed by atoms with Crippen LogP contribution in [0.4, 0.5) is 10.5 Å². The highest BCUT2D eigenvalue weighted by Gasteiger charge is 2.10. The Morgan fingerprint density at radius 1 is 1.11 bits per heavy atom. The highest BCUT2D eigenvalue weighted by Crippen LogP contribution is 2.25. The molecule has 2 N–H and O–H groups in total. The number of carbonyl (C=O) groups is 1. The normalized spacial score (nSPS) is 10.8. The van der Waals surface area contributed by atoms with Gasteiger partial charge in [-0.3, -0.25) is 9.20 Å².